The van der Waals surface area contributed by atoms with Gasteiger partial charge in [-0.1, -0.05) is 17.7 Å². The van der Waals surface area contributed by atoms with E-state index < -0.39 is 0 Å². The van der Waals surface area contributed by atoms with Crippen LogP contribution in [0.1, 0.15) is 5.69 Å². The molecule has 3 nitrogen and oxygen atoms in total. The van der Waals surface area contributed by atoms with E-state index in [9.17, 15) is 0 Å². The molecule has 0 aliphatic carbocycles. The van der Waals surface area contributed by atoms with Crippen molar-refractivity contribution in [2.24, 2.45) is 0 Å². The van der Waals surface area contributed by atoms with E-state index in [1.165, 1.54) is 0 Å². The fourth-order valence-corrected chi connectivity index (χ4v) is 1.64. The smallest absolute Gasteiger partial charge is 0.151 e. The minimum Gasteiger partial charge on any atom is -0.494 e. The summed E-state index contributed by atoms with van der Waals surface area (Å²) in [5.41, 5.74) is 1.44. The van der Waals surface area contributed by atoms with Crippen LogP contribution in [0.4, 0.5) is 0 Å². The summed E-state index contributed by atoms with van der Waals surface area (Å²) < 4.78 is 5.25. The molecule has 14 heavy (non-hydrogen) atoms. The Morgan fingerprint density at radius 2 is 2.07 bits per heavy atom. The lowest BCUT2D eigenvalue weighted by Gasteiger charge is -2.07. The van der Waals surface area contributed by atoms with Gasteiger partial charge >= 0.3 is 0 Å². The molecular weight excluding hydrogens is 200 g/mol. The number of benzene rings is 1. The lowest BCUT2D eigenvalue weighted by Crippen LogP contribution is -1.95. The minimum atomic E-state index is 0.591. The maximum atomic E-state index is 5.98. The molecular formula is C10H9ClN2O. The van der Waals surface area contributed by atoms with Crippen molar-refractivity contribution in [3.8, 4) is 5.75 Å². The zero-order valence-electron chi connectivity index (χ0n) is 7.91. The number of methoxy groups -OCH3 is 1. The van der Waals surface area contributed by atoms with Gasteiger partial charge in [0.1, 0.15) is 11.2 Å². The van der Waals surface area contributed by atoms with E-state index in [1.807, 2.05) is 19.1 Å². The Hall–Kier alpha value is -1.35. The zero-order valence-corrected chi connectivity index (χ0v) is 8.67. The third kappa shape index (κ3) is 1.30. The fourth-order valence-electron chi connectivity index (χ4n) is 1.42. The van der Waals surface area contributed by atoms with Crippen molar-refractivity contribution in [1.82, 2.24) is 10.2 Å². The van der Waals surface area contributed by atoms with Crippen LogP contribution >= 0.6 is 11.6 Å². The summed E-state index contributed by atoms with van der Waals surface area (Å²) in [4.78, 5) is 0. The van der Waals surface area contributed by atoms with Gasteiger partial charge in [0, 0.05) is 5.39 Å². The van der Waals surface area contributed by atoms with Gasteiger partial charge in [0.25, 0.3) is 0 Å². The largest absolute Gasteiger partial charge is 0.494 e. The minimum absolute atomic E-state index is 0.591. The molecule has 0 unspecified atom stereocenters. The van der Waals surface area contributed by atoms with Crippen LogP contribution in [0.25, 0.3) is 10.9 Å². The van der Waals surface area contributed by atoms with Gasteiger partial charge in [0.2, 0.25) is 0 Å². The summed E-state index contributed by atoms with van der Waals surface area (Å²) >= 11 is 5.98. The van der Waals surface area contributed by atoms with Crippen LogP contribution in [-0.4, -0.2) is 17.3 Å². The van der Waals surface area contributed by atoms with Gasteiger partial charge < -0.3 is 4.74 Å². The molecule has 4 heteroatoms. The lowest BCUT2D eigenvalue weighted by molar-refractivity contribution is 0.413. The van der Waals surface area contributed by atoms with E-state index in [4.69, 9.17) is 16.3 Å². The number of hydrogen-bond donors (Lipinski definition) is 0. The number of nitrogens with zero attached hydrogens (tertiary/aromatic N) is 2. The maximum Gasteiger partial charge on any atom is 0.151 e. The number of fused-ring (bicyclic) bond motifs is 1. The number of aromatic nitrogens is 2. The Labute approximate surface area is 86.7 Å². The molecule has 0 aliphatic heterocycles. The second-order valence-electron chi connectivity index (χ2n) is 2.95. The highest BCUT2D eigenvalue weighted by molar-refractivity contribution is 6.35. The van der Waals surface area contributed by atoms with Crippen LogP contribution in [0.2, 0.25) is 5.02 Å². The third-order valence-electron chi connectivity index (χ3n) is 2.06. The zero-order chi connectivity index (χ0) is 10.1. The first-order valence-electron chi connectivity index (χ1n) is 4.19. The molecule has 2 rings (SSSR count). The molecule has 1 heterocycles. The quantitative estimate of drug-likeness (QED) is 0.723. The SMILES string of the molecule is COc1c(C)nnc2c(Cl)cccc12. The van der Waals surface area contributed by atoms with Gasteiger partial charge in [0.05, 0.1) is 12.1 Å². The highest BCUT2D eigenvalue weighted by Gasteiger charge is 2.09. The predicted molar refractivity (Wildman–Crippen MR) is 55.8 cm³/mol. The Morgan fingerprint density at radius 1 is 1.29 bits per heavy atom. The molecule has 2 aromatic rings. The molecule has 1 aromatic carbocycles. The average molecular weight is 209 g/mol. The van der Waals surface area contributed by atoms with Gasteiger partial charge in [0.15, 0.2) is 5.75 Å². The predicted octanol–water partition coefficient (Wildman–Crippen LogP) is 2.60. The first kappa shape index (κ1) is 9.21. The molecule has 0 aliphatic rings. The molecule has 0 spiro atoms. The van der Waals surface area contributed by atoms with Crippen LogP contribution in [0.3, 0.4) is 0 Å². The van der Waals surface area contributed by atoms with Crippen molar-refractivity contribution < 1.29 is 4.74 Å². The molecule has 0 saturated heterocycles. The first-order chi connectivity index (χ1) is 6.74. The standard InChI is InChI=1S/C10H9ClN2O/c1-6-10(14-2)7-4-3-5-8(11)9(7)13-12-6/h3-5H,1-2H3. The molecule has 0 N–H and O–H groups in total. The van der Waals surface area contributed by atoms with Crippen LogP contribution in [-0.2, 0) is 0 Å². The molecule has 0 atom stereocenters. The Kier molecular flexibility index (Phi) is 2.25. The number of rotatable bonds is 1. The van der Waals surface area contributed by atoms with Gasteiger partial charge in [-0.3, -0.25) is 0 Å². The number of halogens is 1. The first-order valence-corrected chi connectivity index (χ1v) is 4.57. The van der Waals surface area contributed by atoms with Crippen molar-refractivity contribution in [2.75, 3.05) is 7.11 Å². The van der Waals surface area contributed by atoms with E-state index in [0.717, 1.165) is 16.8 Å². The highest BCUT2D eigenvalue weighted by atomic mass is 35.5. The molecule has 0 radical (unpaired) electrons. The summed E-state index contributed by atoms with van der Waals surface area (Å²) in [5.74, 6) is 0.734. The van der Waals surface area contributed by atoms with E-state index in [-0.39, 0.29) is 0 Å². The Bertz CT molecular complexity index is 485. The van der Waals surface area contributed by atoms with E-state index in [1.54, 1.807) is 13.2 Å². The van der Waals surface area contributed by atoms with Crippen LogP contribution in [0.15, 0.2) is 18.2 Å². The normalized spacial score (nSPS) is 10.5. The number of hydrogen-bond acceptors (Lipinski definition) is 3. The second kappa shape index (κ2) is 3.42. The maximum absolute atomic E-state index is 5.98. The Morgan fingerprint density at radius 3 is 2.79 bits per heavy atom. The second-order valence-corrected chi connectivity index (χ2v) is 3.36. The summed E-state index contributed by atoms with van der Waals surface area (Å²) in [6, 6.07) is 5.57. The molecule has 0 bridgehead atoms. The monoisotopic (exact) mass is 208 g/mol. The fraction of sp³-hybridized carbons (Fsp3) is 0.200. The molecule has 0 fully saturated rings. The lowest BCUT2D eigenvalue weighted by atomic mass is 10.2. The summed E-state index contributed by atoms with van der Waals surface area (Å²) in [6.07, 6.45) is 0. The average Bonchev–Trinajstić information content (AvgIpc) is 2.18. The Balaban J connectivity index is 2.88. The molecule has 72 valence electrons. The van der Waals surface area contributed by atoms with Crippen molar-refractivity contribution in [2.45, 2.75) is 6.92 Å². The van der Waals surface area contributed by atoms with Gasteiger partial charge in [-0.05, 0) is 19.1 Å². The molecule has 1 aromatic heterocycles. The van der Waals surface area contributed by atoms with E-state index in [0.29, 0.717) is 10.5 Å². The van der Waals surface area contributed by atoms with Gasteiger partial charge in [-0.2, -0.15) is 5.10 Å². The van der Waals surface area contributed by atoms with E-state index in [2.05, 4.69) is 10.2 Å². The summed E-state index contributed by atoms with van der Waals surface area (Å²) in [7, 11) is 1.62. The molecule has 0 amide bonds. The summed E-state index contributed by atoms with van der Waals surface area (Å²) in [6.45, 7) is 1.85. The van der Waals surface area contributed by atoms with Crippen molar-refractivity contribution in [3.63, 3.8) is 0 Å². The van der Waals surface area contributed by atoms with Gasteiger partial charge in [-0.15, -0.1) is 5.10 Å². The van der Waals surface area contributed by atoms with Gasteiger partial charge in [-0.25, -0.2) is 0 Å². The van der Waals surface area contributed by atoms with Crippen LogP contribution in [0, 0.1) is 6.92 Å². The van der Waals surface area contributed by atoms with Crippen molar-refractivity contribution >= 4 is 22.5 Å². The van der Waals surface area contributed by atoms with Crippen molar-refractivity contribution in [1.29, 1.82) is 0 Å². The van der Waals surface area contributed by atoms with E-state index >= 15 is 0 Å². The van der Waals surface area contributed by atoms with Crippen molar-refractivity contribution in [3.05, 3.63) is 28.9 Å². The summed E-state index contributed by atoms with van der Waals surface area (Å²) in [5, 5.41) is 9.49. The third-order valence-corrected chi connectivity index (χ3v) is 2.37. The molecule has 0 saturated carbocycles. The van der Waals surface area contributed by atoms with Crippen LogP contribution < -0.4 is 4.74 Å². The topological polar surface area (TPSA) is 35.0 Å². The number of aryl methyl sites for hydroxylation is 1. The highest BCUT2D eigenvalue weighted by Crippen LogP contribution is 2.29. The van der Waals surface area contributed by atoms with Crippen LogP contribution in [0.5, 0.6) is 5.75 Å². The number of ether oxygens (including phenoxy) is 1.